The van der Waals surface area contributed by atoms with Crippen molar-refractivity contribution in [2.24, 2.45) is 0 Å². The topological polar surface area (TPSA) is 98.8 Å². The van der Waals surface area contributed by atoms with Crippen molar-refractivity contribution in [3.63, 3.8) is 0 Å². The van der Waals surface area contributed by atoms with Crippen LogP contribution in [0.3, 0.4) is 0 Å². The van der Waals surface area contributed by atoms with Gasteiger partial charge < -0.3 is 14.8 Å². The minimum absolute atomic E-state index is 0.166. The lowest BCUT2D eigenvalue weighted by Gasteiger charge is -2.11. The van der Waals surface area contributed by atoms with Gasteiger partial charge in [-0.05, 0) is 36.8 Å². The van der Waals surface area contributed by atoms with Crippen molar-refractivity contribution >= 4 is 34.3 Å². The van der Waals surface area contributed by atoms with Gasteiger partial charge in [-0.15, -0.1) is 0 Å². The number of amides is 1. The molecule has 0 fully saturated rings. The molecule has 2 rings (SSSR count). The van der Waals surface area contributed by atoms with E-state index in [9.17, 15) is 18.6 Å². The molecule has 0 saturated heterocycles. The van der Waals surface area contributed by atoms with E-state index < -0.39 is 35.3 Å². The highest BCUT2D eigenvalue weighted by molar-refractivity contribution is 7.85. The third-order valence-electron chi connectivity index (χ3n) is 3.88. The van der Waals surface area contributed by atoms with Gasteiger partial charge in [0.2, 0.25) is 0 Å². The fourth-order valence-electron chi connectivity index (χ4n) is 2.39. The molecule has 0 saturated carbocycles. The molecule has 0 radical (unpaired) electrons. The van der Waals surface area contributed by atoms with Gasteiger partial charge in [0, 0.05) is 11.4 Å². The summed E-state index contributed by atoms with van der Waals surface area (Å²) >= 11 is 0. The van der Waals surface area contributed by atoms with Gasteiger partial charge in [-0.3, -0.25) is 9.00 Å². The molecule has 8 heteroatoms. The van der Waals surface area contributed by atoms with Crippen LogP contribution in [0.5, 0.6) is 0 Å². The third kappa shape index (κ3) is 5.26. The average Bonchev–Trinajstić information content (AvgIpc) is 2.72. The molecule has 1 N–H and O–H groups in total. The highest BCUT2D eigenvalue weighted by Crippen LogP contribution is 2.18. The summed E-state index contributed by atoms with van der Waals surface area (Å²) in [5.74, 6) is -1.46. The number of aryl methyl sites for hydroxylation is 1. The highest BCUT2D eigenvalue weighted by Gasteiger charge is 2.17. The minimum atomic E-state index is -1.32. The van der Waals surface area contributed by atoms with E-state index >= 15 is 0 Å². The van der Waals surface area contributed by atoms with E-state index in [4.69, 9.17) is 4.74 Å². The number of anilines is 1. The Morgan fingerprint density at radius 3 is 2.46 bits per heavy atom. The van der Waals surface area contributed by atoms with Crippen molar-refractivity contribution in [1.82, 2.24) is 0 Å². The Kier molecular flexibility index (Phi) is 7.45. The second kappa shape index (κ2) is 9.80. The predicted molar refractivity (Wildman–Crippen MR) is 105 cm³/mol. The molecule has 0 aliphatic rings. The lowest BCUT2D eigenvalue weighted by molar-refractivity contribution is -0.119. The summed E-state index contributed by atoms with van der Waals surface area (Å²) in [7, 11) is -0.0576. The largest absolute Gasteiger partial charge is 0.465 e. The van der Waals surface area contributed by atoms with Crippen molar-refractivity contribution in [3.8, 4) is 0 Å². The Labute approximate surface area is 165 Å². The molecule has 2 aromatic carbocycles. The Hall–Kier alpha value is -3.00. The summed E-state index contributed by atoms with van der Waals surface area (Å²) in [5, 5.41) is 2.60. The average molecular weight is 403 g/mol. The Morgan fingerprint density at radius 2 is 1.79 bits per heavy atom. The molecule has 7 nitrogen and oxygen atoms in total. The molecule has 0 heterocycles. The van der Waals surface area contributed by atoms with Crippen molar-refractivity contribution in [3.05, 3.63) is 59.2 Å². The lowest BCUT2D eigenvalue weighted by Crippen LogP contribution is -2.22. The standard InChI is InChI=1S/C20H21NO6S/c1-4-28(25)17-8-6-5-7-15(17)20(24)27-12-18(22)21-16-11-14(19(23)26-3)10-9-13(16)2/h5-11H,4,12H2,1-3H3,(H,21,22)/t28-/m1/s1. The molecule has 0 spiro atoms. The molecular formula is C20H21NO6S. The summed E-state index contributed by atoms with van der Waals surface area (Å²) in [5.41, 5.74) is 1.60. The molecule has 1 atom stereocenters. The zero-order valence-corrected chi connectivity index (χ0v) is 16.6. The molecule has 1 amide bonds. The Morgan fingerprint density at radius 1 is 1.07 bits per heavy atom. The van der Waals surface area contributed by atoms with Gasteiger partial charge in [-0.25, -0.2) is 9.59 Å². The van der Waals surface area contributed by atoms with E-state index in [1.165, 1.54) is 19.2 Å². The van der Waals surface area contributed by atoms with E-state index in [0.29, 0.717) is 16.3 Å². The van der Waals surface area contributed by atoms with E-state index in [1.54, 1.807) is 44.2 Å². The maximum Gasteiger partial charge on any atom is 0.339 e. The van der Waals surface area contributed by atoms with Gasteiger partial charge in [-0.1, -0.05) is 25.1 Å². The maximum atomic E-state index is 12.3. The highest BCUT2D eigenvalue weighted by atomic mass is 32.2. The summed E-state index contributed by atoms with van der Waals surface area (Å²) < 4.78 is 21.8. The second-order valence-electron chi connectivity index (χ2n) is 5.78. The van der Waals surface area contributed by atoms with Crippen LogP contribution in [0.25, 0.3) is 0 Å². The van der Waals surface area contributed by atoms with Crippen molar-refractivity contribution in [2.75, 3.05) is 24.8 Å². The molecule has 0 aliphatic heterocycles. The van der Waals surface area contributed by atoms with Gasteiger partial charge in [0.1, 0.15) is 0 Å². The number of esters is 2. The number of carbonyl (C=O) groups excluding carboxylic acids is 3. The van der Waals surface area contributed by atoms with E-state index in [2.05, 4.69) is 10.1 Å². The SMILES string of the molecule is CC[S@@](=O)c1ccccc1C(=O)OCC(=O)Nc1cc(C(=O)OC)ccc1C. The number of ether oxygens (including phenoxy) is 2. The molecule has 148 valence electrons. The predicted octanol–water partition coefficient (Wildman–Crippen LogP) is 2.70. The third-order valence-corrected chi connectivity index (χ3v) is 5.25. The van der Waals surface area contributed by atoms with Crippen LogP contribution in [-0.2, 0) is 25.1 Å². The van der Waals surface area contributed by atoms with Crippen LogP contribution < -0.4 is 5.32 Å². The minimum Gasteiger partial charge on any atom is -0.465 e. The number of nitrogens with one attached hydrogen (secondary N) is 1. The Bertz CT molecular complexity index is 925. The lowest BCUT2D eigenvalue weighted by atomic mass is 10.1. The zero-order valence-electron chi connectivity index (χ0n) is 15.8. The fraction of sp³-hybridized carbons (Fsp3) is 0.250. The molecule has 0 aliphatic carbocycles. The quantitative estimate of drug-likeness (QED) is 0.714. The molecule has 0 aromatic heterocycles. The number of hydrogen-bond acceptors (Lipinski definition) is 6. The number of rotatable bonds is 7. The van der Waals surface area contributed by atoms with E-state index in [0.717, 1.165) is 5.56 Å². The van der Waals surface area contributed by atoms with Crippen LogP contribution in [0.1, 0.15) is 33.2 Å². The van der Waals surface area contributed by atoms with Gasteiger partial charge in [0.05, 0.1) is 33.9 Å². The van der Waals surface area contributed by atoms with Crippen LogP contribution in [-0.4, -0.2) is 41.5 Å². The Balaban J connectivity index is 2.05. The van der Waals surface area contributed by atoms with Crippen LogP contribution in [0.4, 0.5) is 5.69 Å². The number of benzene rings is 2. The maximum absolute atomic E-state index is 12.3. The molecule has 0 bridgehead atoms. The normalized spacial score (nSPS) is 11.4. The van der Waals surface area contributed by atoms with Crippen LogP contribution in [0.2, 0.25) is 0 Å². The van der Waals surface area contributed by atoms with E-state index in [1.807, 2.05) is 0 Å². The van der Waals surface area contributed by atoms with Gasteiger partial charge in [0.25, 0.3) is 5.91 Å². The first-order valence-electron chi connectivity index (χ1n) is 8.50. The van der Waals surface area contributed by atoms with Crippen LogP contribution in [0, 0.1) is 6.92 Å². The van der Waals surface area contributed by atoms with Crippen LogP contribution in [0.15, 0.2) is 47.4 Å². The summed E-state index contributed by atoms with van der Waals surface area (Å²) in [6, 6.07) is 11.2. The second-order valence-corrected chi connectivity index (χ2v) is 7.48. The van der Waals surface area contributed by atoms with Crippen molar-refractivity contribution in [2.45, 2.75) is 18.7 Å². The first-order chi connectivity index (χ1) is 13.4. The first-order valence-corrected chi connectivity index (χ1v) is 9.82. The zero-order chi connectivity index (χ0) is 20.7. The molecule has 2 aromatic rings. The van der Waals surface area contributed by atoms with Gasteiger partial charge in [-0.2, -0.15) is 0 Å². The summed E-state index contributed by atoms with van der Waals surface area (Å²) in [4.78, 5) is 36.4. The van der Waals surface area contributed by atoms with E-state index in [-0.39, 0.29) is 11.1 Å². The monoisotopic (exact) mass is 403 g/mol. The number of methoxy groups -OCH3 is 1. The van der Waals surface area contributed by atoms with Gasteiger partial charge in [0.15, 0.2) is 6.61 Å². The fourth-order valence-corrected chi connectivity index (χ4v) is 3.32. The molecular weight excluding hydrogens is 382 g/mol. The summed E-state index contributed by atoms with van der Waals surface area (Å²) in [6.45, 7) is 2.99. The smallest absolute Gasteiger partial charge is 0.339 e. The molecule has 0 unspecified atom stereocenters. The number of hydrogen-bond donors (Lipinski definition) is 1. The van der Waals surface area contributed by atoms with Gasteiger partial charge >= 0.3 is 11.9 Å². The van der Waals surface area contributed by atoms with Crippen molar-refractivity contribution in [1.29, 1.82) is 0 Å². The first kappa shape index (κ1) is 21.3. The molecule has 28 heavy (non-hydrogen) atoms. The number of carbonyl (C=O) groups is 3. The van der Waals surface area contributed by atoms with Crippen molar-refractivity contribution < 1.29 is 28.1 Å². The summed E-state index contributed by atoms with van der Waals surface area (Å²) in [6.07, 6.45) is 0. The van der Waals surface area contributed by atoms with Crippen LogP contribution >= 0.6 is 0 Å².